The molecule has 0 bridgehead atoms. The number of aromatic nitrogens is 2. The molecule has 5 N–H and O–H groups in total. The van der Waals surface area contributed by atoms with Gasteiger partial charge in [0.15, 0.2) is 25.5 Å². The molecule has 240 valence electrons. The molecule has 0 spiro atoms. The van der Waals surface area contributed by atoms with Gasteiger partial charge in [-0.2, -0.15) is 0 Å². The van der Waals surface area contributed by atoms with Gasteiger partial charge in [-0.05, 0) is 90.7 Å². The van der Waals surface area contributed by atoms with Crippen LogP contribution in [0.25, 0.3) is 22.6 Å². The van der Waals surface area contributed by atoms with Crippen molar-refractivity contribution in [3.05, 3.63) is 58.2 Å². The number of ether oxygens (including phenoxy) is 1. The van der Waals surface area contributed by atoms with E-state index in [4.69, 9.17) is 21.3 Å². The van der Waals surface area contributed by atoms with E-state index >= 15 is 0 Å². The van der Waals surface area contributed by atoms with Crippen molar-refractivity contribution in [3.63, 3.8) is 0 Å². The van der Waals surface area contributed by atoms with Crippen molar-refractivity contribution < 1.29 is 21.6 Å². The number of sulfone groups is 2. The molecule has 44 heavy (non-hydrogen) atoms. The van der Waals surface area contributed by atoms with Crippen LogP contribution in [0.4, 0.5) is 0 Å². The Labute approximate surface area is 265 Å². The molecular weight excluding hydrogens is 622 g/mol. The molecule has 0 aliphatic carbocycles. The molecule has 1 atom stereocenters. The summed E-state index contributed by atoms with van der Waals surface area (Å²) in [4.78, 5) is 9.50. The summed E-state index contributed by atoms with van der Waals surface area (Å²) < 4.78 is 59.8. The molecule has 2 aliphatic heterocycles. The number of nitrogens with one attached hydrogen (secondary N) is 1. The Bertz CT molecular complexity index is 1760. The number of rotatable bonds is 7. The molecular formula is C31H42ClN5O5S2. The topological polar surface area (TPSA) is 167 Å². The fourth-order valence-electron chi connectivity index (χ4n) is 6.34. The average molecular weight is 664 g/mol. The zero-order chi connectivity index (χ0) is 32.6. The Balaban J connectivity index is 0.00000216. The lowest BCUT2D eigenvalue weighted by molar-refractivity contribution is 0.255. The van der Waals surface area contributed by atoms with Gasteiger partial charge in [0.1, 0.15) is 16.6 Å². The van der Waals surface area contributed by atoms with Crippen molar-refractivity contribution in [1.29, 1.82) is 0 Å². The fourth-order valence-corrected chi connectivity index (χ4v) is 10.0. The maximum atomic E-state index is 14.0. The average Bonchev–Trinajstić information content (AvgIpc) is 3.38. The molecule has 1 unspecified atom stereocenters. The van der Waals surface area contributed by atoms with Crippen LogP contribution in [0.3, 0.4) is 0 Å². The highest BCUT2D eigenvalue weighted by Gasteiger charge is 2.50. The standard InChI is InChI=1S/C31H38ClN3O5S2.H4N2/c1-18(2)41(36,37)26-10-8-7-9-22(26)28-25(32)17-34-30(35-28)24-15-20(5)27(23-16-21(6)40-29(23)24)31(11-13-33-14-12-31)42(38,39)19(3)4;1-2/h7-10,15,17-19,21,33H,11-14,16H2,1-6H3;1-2H2. The van der Waals surface area contributed by atoms with Crippen LogP contribution in [0.15, 0.2) is 41.4 Å². The van der Waals surface area contributed by atoms with Crippen LogP contribution in [0.5, 0.6) is 5.75 Å². The van der Waals surface area contributed by atoms with E-state index < -0.39 is 34.9 Å². The predicted octanol–water partition coefficient (Wildman–Crippen LogP) is 4.50. The van der Waals surface area contributed by atoms with E-state index in [-0.39, 0.29) is 16.0 Å². The lowest BCUT2D eigenvalue weighted by atomic mass is 9.81. The number of fused-ring (bicyclic) bond motifs is 1. The highest BCUT2D eigenvalue weighted by atomic mass is 35.5. The second-order valence-electron chi connectivity index (χ2n) is 11.9. The monoisotopic (exact) mass is 663 g/mol. The number of halogens is 1. The minimum Gasteiger partial charge on any atom is -0.489 e. The van der Waals surface area contributed by atoms with E-state index in [1.165, 1.54) is 6.20 Å². The van der Waals surface area contributed by atoms with E-state index in [2.05, 4.69) is 22.0 Å². The van der Waals surface area contributed by atoms with Crippen molar-refractivity contribution in [3.8, 4) is 28.4 Å². The third-order valence-electron chi connectivity index (χ3n) is 8.47. The van der Waals surface area contributed by atoms with Crippen LogP contribution in [0.1, 0.15) is 64.2 Å². The fraction of sp³-hybridized carbons (Fsp3) is 0.484. The Morgan fingerprint density at radius 3 is 2.27 bits per heavy atom. The van der Waals surface area contributed by atoms with Crippen LogP contribution in [0.2, 0.25) is 5.02 Å². The summed E-state index contributed by atoms with van der Waals surface area (Å²) in [6.07, 6.45) is 2.85. The van der Waals surface area contributed by atoms with Crippen molar-refractivity contribution in [2.75, 3.05) is 13.1 Å². The number of nitrogens with two attached hydrogens (primary N) is 2. The van der Waals surface area contributed by atoms with Crippen LogP contribution < -0.4 is 21.7 Å². The normalized spacial score (nSPS) is 18.0. The first-order chi connectivity index (χ1) is 20.7. The summed E-state index contributed by atoms with van der Waals surface area (Å²) in [6, 6.07) is 8.61. The summed E-state index contributed by atoms with van der Waals surface area (Å²) in [7, 11) is -7.15. The van der Waals surface area contributed by atoms with Crippen LogP contribution in [-0.2, 0) is 30.8 Å². The van der Waals surface area contributed by atoms with Gasteiger partial charge in [-0.25, -0.2) is 26.8 Å². The lowest BCUT2D eigenvalue weighted by Gasteiger charge is -2.41. The molecule has 2 aromatic carbocycles. The van der Waals surface area contributed by atoms with Crippen LogP contribution in [0, 0.1) is 6.92 Å². The zero-order valence-electron chi connectivity index (χ0n) is 26.0. The number of hydrogen-bond acceptors (Lipinski definition) is 10. The van der Waals surface area contributed by atoms with Crippen LogP contribution >= 0.6 is 11.6 Å². The number of aryl methyl sites for hydroxylation is 1. The maximum absolute atomic E-state index is 14.0. The Kier molecular flexibility index (Phi) is 10.1. The molecule has 2 aliphatic rings. The predicted molar refractivity (Wildman–Crippen MR) is 175 cm³/mol. The minimum atomic E-state index is -3.63. The number of benzene rings is 2. The molecule has 0 amide bonds. The van der Waals surface area contributed by atoms with E-state index in [0.717, 1.165) is 16.7 Å². The summed E-state index contributed by atoms with van der Waals surface area (Å²) in [6.45, 7) is 11.9. The lowest BCUT2D eigenvalue weighted by Crippen LogP contribution is -2.49. The van der Waals surface area contributed by atoms with Gasteiger partial charge >= 0.3 is 0 Å². The van der Waals surface area contributed by atoms with Crippen LogP contribution in [-0.4, -0.2) is 56.5 Å². The SMILES string of the molecule is Cc1cc(-c2ncc(Cl)c(-c3ccccc3S(=O)(=O)C(C)C)n2)c2c(c1C1(S(=O)(=O)C(C)C)CCNCC1)CC(C)O2.NN. The van der Waals surface area contributed by atoms with Gasteiger partial charge in [-0.15, -0.1) is 0 Å². The molecule has 13 heteroatoms. The molecule has 0 saturated carbocycles. The number of nitrogens with zero attached hydrogens (tertiary/aromatic N) is 2. The van der Waals surface area contributed by atoms with Gasteiger partial charge in [0.05, 0.1) is 37.9 Å². The van der Waals surface area contributed by atoms with Gasteiger partial charge in [-0.3, -0.25) is 11.7 Å². The molecule has 1 saturated heterocycles. The summed E-state index contributed by atoms with van der Waals surface area (Å²) in [5.74, 6) is 8.91. The Morgan fingerprint density at radius 2 is 1.66 bits per heavy atom. The third-order valence-corrected chi connectivity index (χ3v) is 13.9. The molecule has 3 heterocycles. The molecule has 0 radical (unpaired) electrons. The van der Waals surface area contributed by atoms with Gasteiger partial charge in [-0.1, -0.05) is 29.8 Å². The smallest absolute Gasteiger partial charge is 0.181 e. The first-order valence-electron chi connectivity index (χ1n) is 14.7. The second kappa shape index (κ2) is 13.0. The summed E-state index contributed by atoms with van der Waals surface area (Å²) in [5, 5.41) is 2.39. The van der Waals surface area contributed by atoms with Crippen molar-refractivity contribution in [2.45, 2.75) is 87.1 Å². The number of piperidine rings is 1. The van der Waals surface area contributed by atoms with E-state index in [9.17, 15) is 16.8 Å². The van der Waals surface area contributed by atoms with E-state index in [1.54, 1.807) is 52.0 Å². The number of hydrogen-bond donors (Lipinski definition) is 3. The van der Waals surface area contributed by atoms with Crippen molar-refractivity contribution in [2.24, 2.45) is 11.7 Å². The van der Waals surface area contributed by atoms with E-state index in [0.29, 0.717) is 60.7 Å². The van der Waals surface area contributed by atoms with E-state index in [1.807, 2.05) is 19.9 Å². The molecule has 3 aromatic rings. The summed E-state index contributed by atoms with van der Waals surface area (Å²) in [5.41, 5.74) is 3.89. The largest absolute Gasteiger partial charge is 0.489 e. The number of hydrazine groups is 1. The highest BCUT2D eigenvalue weighted by Crippen LogP contribution is 2.51. The Hall–Kier alpha value is -2.61. The van der Waals surface area contributed by atoms with Crippen molar-refractivity contribution in [1.82, 2.24) is 15.3 Å². The summed E-state index contributed by atoms with van der Waals surface area (Å²) >= 11 is 6.59. The quantitative estimate of drug-likeness (QED) is 0.242. The molecule has 1 fully saturated rings. The van der Waals surface area contributed by atoms with Gasteiger partial charge in [0, 0.05) is 17.5 Å². The first-order valence-corrected chi connectivity index (χ1v) is 18.2. The van der Waals surface area contributed by atoms with Gasteiger partial charge in [0.25, 0.3) is 0 Å². The minimum absolute atomic E-state index is 0.153. The first kappa shape index (κ1) is 34.3. The van der Waals surface area contributed by atoms with Gasteiger partial charge in [0.2, 0.25) is 0 Å². The second-order valence-corrected chi connectivity index (χ2v) is 17.6. The van der Waals surface area contributed by atoms with Crippen molar-refractivity contribution >= 4 is 31.3 Å². The molecule has 10 nitrogen and oxygen atoms in total. The highest BCUT2D eigenvalue weighted by molar-refractivity contribution is 7.93. The van der Waals surface area contributed by atoms with Gasteiger partial charge < -0.3 is 10.1 Å². The molecule has 1 aromatic heterocycles. The zero-order valence-corrected chi connectivity index (χ0v) is 28.4. The Morgan fingerprint density at radius 1 is 1.02 bits per heavy atom. The molecule has 5 rings (SSSR count). The third kappa shape index (κ3) is 5.76. The maximum Gasteiger partial charge on any atom is 0.181 e.